The first-order valence-electron chi connectivity index (χ1n) is 9.40. The van der Waals surface area contributed by atoms with E-state index in [0.29, 0.717) is 18.5 Å². The van der Waals surface area contributed by atoms with Crippen molar-refractivity contribution in [2.75, 3.05) is 13.7 Å². The number of carbonyl (C=O) groups is 1. The highest BCUT2D eigenvalue weighted by molar-refractivity contribution is 6.30. The van der Waals surface area contributed by atoms with Crippen LogP contribution >= 0.6 is 23.2 Å². The Balaban J connectivity index is 1.68. The lowest BCUT2D eigenvalue weighted by atomic mass is 9.87. The molecule has 8 heteroatoms. The monoisotopic (exact) mass is 442 g/mol. The molecule has 0 N–H and O–H groups in total. The number of aromatic nitrogens is 1. The van der Waals surface area contributed by atoms with Crippen LogP contribution in [0.15, 0.2) is 24.3 Å². The topological polar surface area (TPSA) is 42.4 Å². The van der Waals surface area contributed by atoms with Crippen LogP contribution in [0, 0.1) is 17.6 Å². The number of carbonyl (C=O) groups excluding carboxylic acids is 1. The maximum absolute atomic E-state index is 14.7. The van der Waals surface area contributed by atoms with E-state index in [-0.39, 0.29) is 39.2 Å². The Hall–Kier alpha value is -1.76. The smallest absolute Gasteiger partial charge is 0.341 e. The highest BCUT2D eigenvalue weighted by Crippen LogP contribution is 2.30. The first kappa shape index (κ1) is 21.9. The van der Waals surface area contributed by atoms with Crippen LogP contribution in [0.4, 0.5) is 8.78 Å². The van der Waals surface area contributed by atoms with Gasteiger partial charge in [0, 0.05) is 18.2 Å². The minimum Gasteiger partial charge on any atom is -0.465 e. The van der Waals surface area contributed by atoms with Crippen LogP contribution in [-0.2, 0) is 17.7 Å². The Morgan fingerprint density at radius 3 is 2.76 bits per heavy atom. The zero-order valence-corrected chi connectivity index (χ0v) is 17.7. The van der Waals surface area contributed by atoms with Gasteiger partial charge >= 0.3 is 5.97 Å². The maximum atomic E-state index is 14.7. The van der Waals surface area contributed by atoms with Crippen molar-refractivity contribution in [1.29, 1.82) is 0 Å². The van der Waals surface area contributed by atoms with Gasteiger partial charge in [-0.2, -0.15) is 0 Å². The van der Waals surface area contributed by atoms with Crippen LogP contribution in [0.1, 0.15) is 41.4 Å². The van der Waals surface area contributed by atoms with Crippen LogP contribution in [0.25, 0.3) is 0 Å². The number of likely N-dealkylation sites (tertiary alicyclic amines) is 1. The number of hydrogen-bond acceptors (Lipinski definition) is 4. The molecule has 0 saturated carbocycles. The molecule has 29 heavy (non-hydrogen) atoms. The van der Waals surface area contributed by atoms with Gasteiger partial charge in [0.1, 0.15) is 16.5 Å². The van der Waals surface area contributed by atoms with E-state index < -0.39 is 11.8 Å². The summed E-state index contributed by atoms with van der Waals surface area (Å²) in [5, 5.41) is 0.178. The predicted octanol–water partition coefficient (Wildman–Crippen LogP) is 5.30. The molecule has 1 aromatic carbocycles. The second-order valence-corrected chi connectivity index (χ2v) is 8.17. The molecule has 0 spiro atoms. The van der Waals surface area contributed by atoms with Crippen molar-refractivity contribution in [1.82, 2.24) is 9.88 Å². The number of piperidine rings is 1. The first-order chi connectivity index (χ1) is 13.8. The zero-order chi connectivity index (χ0) is 21.1. The Morgan fingerprint density at radius 1 is 1.31 bits per heavy atom. The summed E-state index contributed by atoms with van der Waals surface area (Å²) in [6.45, 7) is 3.27. The molecular weight excluding hydrogens is 421 g/mol. The summed E-state index contributed by atoms with van der Waals surface area (Å²) in [4.78, 5) is 18.0. The number of ether oxygens (including phenoxy) is 1. The SMILES string of the molecule is COC(=O)c1cc(Cl)nc(C[C@H]2CCN(Cc3cccc(Cl)c3F)[C@H](C)C2)c1F. The molecule has 156 valence electrons. The van der Waals surface area contributed by atoms with Gasteiger partial charge in [0.2, 0.25) is 0 Å². The van der Waals surface area contributed by atoms with Gasteiger partial charge in [-0.3, -0.25) is 4.90 Å². The van der Waals surface area contributed by atoms with Gasteiger partial charge < -0.3 is 4.74 Å². The Labute approximate surface area is 178 Å². The van der Waals surface area contributed by atoms with Crippen LogP contribution in [0.3, 0.4) is 0 Å². The highest BCUT2D eigenvalue weighted by atomic mass is 35.5. The van der Waals surface area contributed by atoms with E-state index in [4.69, 9.17) is 23.2 Å². The average Bonchev–Trinajstić information content (AvgIpc) is 2.69. The van der Waals surface area contributed by atoms with Gasteiger partial charge in [-0.25, -0.2) is 18.6 Å². The number of nitrogens with zero attached hydrogens (tertiary/aromatic N) is 2. The van der Waals surface area contributed by atoms with Crippen molar-refractivity contribution in [3.05, 3.63) is 62.9 Å². The van der Waals surface area contributed by atoms with Gasteiger partial charge in [-0.05, 0) is 50.8 Å². The molecule has 0 radical (unpaired) electrons. The van der Waals surface area contributed by atoms with E-state index in [1.54, 1.807) is 12.1 Å². The Morgan fingerprint density at radius 2 is 2.07 bits per heavy atom. The second-order valence-electron chi connectivity index (χ2n) is 7.37. The minimum atomic E-state index is -0.778. The number of halogens is 4. The van der Waals surface area contributed by atoms with Crippen molar-refractivity contribution < 1.29 is 18.3 Å². The third kappa shape index (κ3) is 5.05. The van der Waals surface area contributed by atoms with Crippen molar-refractivity contribution in [3.8, 4) is 0 Å². The van der Waals surface area contributed by atoms with Gasteiger partial charge in [-0.15, -0.1) is 0 Å². The molecule has 0 amide bonds. The number of esters is 1. The van der Waals surface area contributed by atoms with Crippen LogP contribution in [0.2, 0.25) is 10.2 Å². The van der Waals surface area contributed by atoms with Crippen LogP contribution < -0.4 is 0 Å². The summed E-state index contributed by atoms with van der Waals surface area (Å²) in [5.41, 5.74) is 0.530. The van der Waals surface area contributed by atoms with E-state index in [1.165, 1.54) is 19.2 Å². The number of hydrogen-bond donors (Lipinski definition) is 0. The summed E-state index contributed by atoms with van der Waals surface area (Å²) >= 11 is 11.8. The molecule has 1 aliphatic heterocycles. The lowest BCUT2D eigenvalue weighted by molar-refractivity contribution is 0.0594. The molecule has 0 bridgehead atoms. The number of methoxy groups -OCH3 is 1. The molecule has 1 aromatic heterocycles. The molecule has 1 saturated heterocycles. The summed E-state index contributed by atoms with van der Waals surface area (Å²) in [7, 11) is 1.19. The lowest BCUT2D eigenvalue weighted by Gasteiger charge is -2.37. The number of pyridine rings is 1. The van der Waals surface area contributed by atoms with Gasteiger partial charge in [0.25, 0.3) is 0 Å². The fourth-order valence-corrected chi connectivity index (χ4v) is 4.25. The third-order valence-corrected chi connectivity index (χ3v) is 5.90. The molecule has 0 aliphatic carbocycles. The van der Waals surface area contributed by atoms with E-state index in [2.05, 4.69) is 21.5 Å². The first-order valence-corrected chi connectivity index (χ1v) is 10.2. The van der Waals surface area contributed by atoms with Crippen molar-refractivity contribution in [2.45, 2.75) is 38.8 Å². The van der Waals surface area contributed by atoms with E-state index in [9.17, 15) is 13.6 Å². The minimum absolute atomic E-state index is 0.0590. The molecule has 4 nitrogen and oxygen atoms in total. The fourth-order valence-electron chi connectivity index (χ4n) is 3.84. The fraction of sp³-hybridized carbons (Fsp3) is 0.429. The predicted molar refractivity (Wildman–Crippen MR) is 108 cm³/mol. The second kappa shape index (κ2) is 9.37. The Bertz CT molecular complexity index is 910. The van der Waals surface area contributed by atoms with Crippen molar-refractivity contribution in [2.24, 2.45) is 5.92 Å². The van der Waals surface area contributed by atoms with Crippen LogP contribution in [0.5, 0.6) is 0 Å². The Kier molecular flexibility index (Phi) is 7.09. The number of rotatable bonds is 5. The third-order valence-electron chi connectivity index (χ3n) is 5.41. The van der Waals surface area contributed by atoms with E-state index in [0.717, 1.165) is 19.4 Å². The van der Waals surface area contributed by atoms with E-state index in [1.807, 2.05) is 0 Å². The molecule has 3 rings (SSSR count). The van der Waals surface area contributed by atoms with Crippen molar-refractivity contribution in [3.63, 3.8) is 0 Å². The molecule has 0 unspecified atom stereocenters. The largest absolute Gasteiger partial charge is 0.465 e. The summed E-state index contributed by atoms with van der Waals surface area (Å²) in [5.74, 6) is -1.67. The maximum Gasteiger partial charge on any atom is 0.341 e. The zero-order valence-electron chi connectivity index (χ0n) is 16.2. The van der Waals surface area contributed by atoms with Gasteiger partial charge in [0.05, 0.1) is 17.8 Å². The summed E-state index contributed by atoms with van der Waals surface area (Å²) in [6, 6.07) is 6.36. The van der Waals surface area contributed by atoms with E-state index >= 15 is 0 Å². The summed E-state index contributed by atoms with van der Waals surface area (Å²) < 4.78 is 33.5. The summed E-state index contributed by atoms with van der Waals surface area (Å²) in [6.07, 6.45) is 1.97. The molecule has 2 aromatic rings. The molecule has 1 aliphatic rings. The molecular formula is C21H22Cl2F2N2O2. The number of benzene rings is 1. The normalized spacial score (nSPS) is 19.9. The van der Waals surface area contributed by atoms with Gasteiger partial charge in [0.15, 0.2) is 5.82 Å². The molecule has 2 heterocycles. The van der Waals surface area contributed by atoms with Crippen molar-refractivity contribution >= 4 is 29.2 Å². The highest BCUT2D eigenvalue weighted by Gasteiger charge is 2.28. The van der Waals surface area contributed by atoms with Crippen LogP contribution in [-0.4, -0.2) is 35.5 Å². The molecule has 1 fully saturated rings. The average molecular weight is 443 g/mol. The van der Waals surface area contributed by atoms with Gasteiger partial charge in [-0.1, -0.05) is 35.3 Å². The molecule has 2 atom stereocenters. The lowest BCUT2D eigenvalue weighted by Crippen LogP contribution is -2.41. The standard InChI is InChI=1S/C21H22Cl2F2N2O2/c1-12-8-13(6-7-27(12)11-14-4-3-5-16(22)19(14)24)9-17-20(25)15(21(28)29-2)10-18(23)26-17/h3-5,10,12-13H,6-9,11H2,1-2H3/t12-,13+/m1/s1. The quantitative estimate of drug-likeness (QED) is 0.465.